The van der Waals surface area contributed by atoms with E-state index in [9.17, 15) is 8.42 Å². The first-order valence-electron chi connectivity index (χ1n) is 10.2. The van der Waals surface area contributed by atoms with Crippen LogP contribution in [0.3, 0.4) is 0 Å². The maximum atomic E-state index is 13.4. The number of aromatic nitrogens is 2. The van der Waals surface area contributed by atoms with Crippen molar-refractivity contribution in [2.75, 3.05) is 31.1 Å². The van der Waals surface area contributed by atoms with Gasteiger partial charge in [0.05, 0.1) is 4.90 Å². The highest BCUT2D eigenvalue weighted by atomic mass is 35.5. The van der Waals surface area contributed by atoms with Crippen molar-refractivity contribution in [2.24, 2.45) is 0 Å². The van der Waals surface area contributed by atoms with E-state index in [1.165, 1.54) is 0 Å². The fourth-order valence-corrected chi connectivity index (χ4v) is 5.60. The summed E-state index contributed by atoms with van der Waals surface area (Å²) in [6, 6.07) is 11.0. The Hall–Kier alpha value is -2.42. The van der Waals surface area contributed by atoms with Gasteiger partial charge in [0.1, 0.15) is 0 Å². The number of anilines is 1. The molecule has 0 N–H and O–H groups in total. The van der Waals surface area contributed by atoms with Crippen molar-refractivity contribution in [3.63, 3.8) is 0 Å². The van der Waals surface area contributed by atoms with Gasteiger partial charge in [0.25, 0.3) is 0 Å². The number of piperazine rings is 1. The molecule has 0 radical (unpaired) electrons. The van der Waals surface area contributed by atoms with Gasteiger partial charge in [-0.15, -0.1) is 0 Å². The van der Waals surface area contributed by atoms with Gasteiger partial charge in [0.2, 0.25) is 21.7 Å². The number of aryl methyl sites for hydroxylation is 3. The zero-order valence-electron chi connectivity index (χ0n) is 17.8. The van der Waals surface area contributed by atoms with Crippen LogP contribution in [-0.2, 0) is 16.4 Å². The second-order valence-electron chi connectivity index (χ2n) is 7.67. The number of benzene rings is 2. The van der Waals surface area contributed by atoms with E-state index in [1.54, 1.807) is 23.4 Å². The highest BCUT2D eigenvalue weighted by molar-refractivity contribution is 7.89. The minimum Gasteiger partial charge on any atom is -0.369 e. The number of hydrogen-bond donors (Lipinski definition) is 0. The lowest BCUT2D eigenvalue weighted by Gasteiger charge is -2.36. The first-order valence-corrected chi connectivity index (χ1v) is 12.1. The molecule has 1 saturated heterocycles. The minimum absolute atomic E-state index is 0.278. The zero-order valence-corrected chi connectivity index (χ0v) is 19.4. The topological polar surface area (TPSA) is 79.5 Å². The average molecular weight is 461 g/mol. The molecule has 2 aromatic carbocycles. The lowest BCUT2D eigenvalue weighted by molar-refractivity contribution is 0.382. The first-order chi connectivity index (χ1) is 14.8. The van der Waals surface area contributed by atoms with Crippen LogP contribution < -0.4 is 4.90 Å². The largest absolute Gasteiger partial charge is 0.369 e. The molecule has 1 aliphatic heterocycles. The van der Waals surface area contributed by atoms with Crippen LogP contribution in [-0.4, -0.2) is 49.0 Å². The monoisotopic (exact) mass is 460 g/mol. The molecule has 1 aromatic heterocycles. The summed E-state index contributed by atoms with van der Waals surface area (Å²) in [5.74, 6) is 0.918. The number of rotatable bonds is 5. The Morgan fingerprint density at radius 2 is 1.74 bits per heavy atom. The van der Waals surface area contributed by atoms with Crippen LogP contribution in [0.25, 0.3) is 11.4 Å². The standard InChI is InChI=1S/C22H25ClN4O3S/c1-4-21-24-22(25-30-21)17-7-5-16(3)20(13-17)31(28,29)27-11-9-26(10-12-27)19-14-18(23)8-6-15(19)2/h5-8,13-14H,4,9-12H2,1-3H3. The minimum atomic E-state index is -3.65. The van der Waals surface area contributed by atoms with Gasteiger partial charge in [-0.1, -0.05) is 41.9 Å². The highest BCUT2D eigenvalue weighted by Gasteiger charge is 2.30. The molecule has 3 aromatic rings. The summed E-state index contributed by atoms with van der Waals surface area (Å²) >= 11 is 6.16. The van der Waals surface area contributed by atoms with Gasteiger partial charge in [0, 0.05) is 48.9 Å². The van der Waals surface area contributed by atoms with Crippen molar-refractivity contribution in [2.45, 2.75) is 32.1 Å². The molecule has 0 atom stereocenters. The fourth-order valence-electron chi connectivity index (χ4n) is 3.76. The normalized spacial score (nSPS) is 15.4. The van der Waals surface area contributed by atoms with Crippen molar-refractivity contribution < 1.29 is 12.9 Å². The molecule has 0 amide bonds. The summed E-state index contributed by atoms with van der Waals surface area (Å²) in [6.45, 7) is 7.77. The zero-order chi connectivity index (χ0) is 22.2. The quantitative estimate of drug-likeness (QED) is 0.570. The second kappa shape index (κ2) is 8.61. The molecular formula is C22H25ClN4O3S. The average Bonchev–Trinajstić information content (AvgIpc) is 3.25. The molecule has 0 spiro atoms. The van der Waals surface area contributed by atoms with E-state index in [2.05, 4.69) is 15.0 Å². The van der Waals surface area contributed by atoms with E-state index < -0.39 is 10.0 Å². The summed E-state index contributed by atoms with van der Waals surface area (Å²) in [6.07, 6.45) is 0.625. The van der Waals surface area contributed by atoms with Crippen molar-refractivity contribution in [1.29, 1.82) is 0 Å². The number of halogens is 1. The predicted octanol–water partition coefficient (Wildman–Crippen LogP) is 4.08. The molecule has 1 fully saturated rings. The van der Waals surface area contributed by atoms with E-state index in [1.807, 2.05) is 38.1 Å². The molecule has 31 heavy (non-hydrogen) atoms. The SMILES string of the molecule is CCc1nc(-c2ccc(C)c(S(=O)(=O)N3CCN(c4cc(Cl)ccc4C)CC3)c2)no1. The maximum absolute atomic E-state index is 13.4. The van der Waals surface area contributed by atoms with Crippen LogP contribution >= 0.6 is 11.6 Å². The van der Waals surface area contributed by atoms with Crippen molar-refractivity contribution in [3.8, 4) is 11.4 Å². The molecular weight excluding hydrogens is 436 g/mol. The smallest absolute Gasteiger partial charge is 0.243 e. The third-order valence-electron chi connectivity index (χ3n) is 5.59. The van der Waals surface area contributed by atoms with Crippen LogP contribution in [0.4, 0.5) is 5.69 Å². The van der Waals surface area contributed by atoms with Crippen molar-refractivity contribution in [3.05, 3.63) is 58.4 Å². The van der Waals surface area contributed by atoms with Crippen LogP contribution in [0.5, 0.6) is 0 Å². The molecule has 2 heterocycles. The molecule has 164 valence electrons. The van der Waals surface area contributed by atoms with E-state index in [0.717, 1.165) is 11.3 Å². The molecule has 0 bridgehead atoms. The lowest BCUT2D eigenvalue weighted by Crippen LogP contribution is -2.49. The number of sulfonamides is 1. The van der Waals surface area contributed by atoms with Crippen LogP contribution in [0.1, 0.15) is 23.9 Å². The van der Waals surface area contributed by atoms with Crippen molar-refractivity contribution >= 4 is 27.3 Å². The third kappa shape index (κ3) is 4.33. The molecule has 0 saturated carbocycles. The van der Waals surface area contributed by atoms with Gasteiger partial charge in [-0.2, -0.15) is 9.29 Å². The Bertz CT molecular complexity index is 1200. The van der Waals surface area contributed by atoms with E-state index in [0.29, 0.717) is 60.5 Å². The molecule has 9 heteroatoms. The number of hydrogen-bond acceptors (Lipinski definition) is 6. The molecule has 7 nitrogen and oxygen atoms in total. The van der Waals surface area contributed by atoms with Gasteiger partial charge in [-0.3, -0.25) is 0 Å². The summed E-state index contributed by atoms with van der Waals surface area (Å²) in [4.78, 5) is 6.78. The molecule has 1 aliphatic rings. The van der Waals surface area contributed by atoms with E-state index in [-0.39, 0.29) is 4.90 Å². The second-order valence-corrected chi connectivity index (χ2v) is 10.0. The van der Waals surface area contributed by atoms with Gasteiger partial charge in [-0.25, -0.2) is 8.42 Å². The summed E-state index contributed by atoms with van der Waals surface area (Å²) in [7, 11) is -3.65. The molecule has 4 rings (SSSR count). The molecule has 0 unspecified atom stereocenters. The lowest BCUT2D eigenvalue weighted by atomic mass is 10.1. The van der Waals surface area contributed by atoms with Gasteiger partial charge in [0.15, 0.2) is 0 Å². The van der Waals surface area contributed by atoms with Crippen LogP contribution in [0.15, 0.2) is 45.8 Å². The Labute approximate surface area is 187 Å². The van der Waals surface area contributed by atoms with Crippen molar-refractivity contribution in [1.82, 2.24) is 14.4 Å². The van der Waals surface area contributed by atoms with Crippen LogP contribution in [0, 0.1) is 13.8 Å². The maximum Gasteiger partial charge on any atom is 0.243 e. The summed E-state index contributed by atoms with van der Waals surface area (Å²) in [5.41, 5.74) is 3.49. The number of nitrogens with zero attached hydrogens (tertiary/aromatic N) is 4. The Balaban J connectivity index is 1.56. The van der Waals surface area contributed by atoms with Crippen LogP contribution in [0.2, 0.25) is 5.02 Å². The fraction of sp³-hybridized carbons (Fsp3) is 0.364. The Kier molecular flexibility index (Phi) is 6.05. The first kappa shape index (κ1) is 21.8. The Morgan fingerprint density at radius 1 is 1.03 bits per heavy atom. The Morgan fingerprint density at radius 3 is 2.42 bits per heavy atom. The van der Waals surface area contributed by atoms with Gasteiger partial charge < -0.3 is 9.42 Å². The highest BCUT2D eigenvalue weighted by Crippen LogP contribution is 2.29. The summed E-state index contributed by atoms with van der Waals surface area (Å²) in [5, 5.41) is 4.65. The van der Waals surface area contributed by atoms with E-state index in [4.69, 9.17) is 16.1 Å². The summed E-state index contributed by atoms with van der Waals surface area (Å²) < 4.78 is 33.6. The van der Waals surface area contributed by atoms with E-state index >= 15 is 0 Å². The van der Waals surface area contributed by atoms with Gasteiger partial charge >= 0.3 is 0 Å². The van der Waals surface area contributed by atoms with Gasteiger partial charge in [-0.05, 0) is 43.2 Å². The molecule has 0 aliphatic carbocycles. The predicted molar refractivity (Wildman–Crippen MR) is 121 cm³/mol. The third-order valence-corrected chi connectivity index (χ3v) is 7.86.